The quantitative estimate of drug-likeness (QED) is 0.382. The van der Waals surface area contributed by atoms with Gasteiger partial charge in [0.1, 0.15) is 0 Å². The van der Waals surface area contributed by atoms with Gasteiger partial charge in [-0.1, -0.05) is 48.3 Å². The van der Waals surface area contributed by atoms with Crippen LogP contribution in [0.4, 0.5) is 0 Å². The molecule has 7 aliphatic carbocycles. The molecule has 0 spiro atoms. The van der Waals surface area contributed by atoms with Crippen LogP contribution < -0.4 is 0 Å². The summed E-state index contributed by atoms with van der Waals surface area (Å²) in [7, 11) is 0. The molecule has 9 rings (SSSR count). The lowest BCUT2D eigenvalue weighted by Gasteiger charge is -2.54. The molecule has 0 amide bonds. The fourth-order valence-electron chi connectivity index (χ4n) is 10.0. The Kier molecular flexibility index (Phi) is 3.82. The van der Waals surface area contributed by atoms with Gasteiger partial charge in [-0.2, -0.15) is 0 Å². The zero-order valence-electron chi connectivity index (χ0n) is 20.5. The van der Waals surface area contributed by atoms with Crippen molar-refractivity contribution in [2.75, 3.05) is 0 Å². The summed E-state index contributed by atoms with van der Waals surface area (Å²) in [6.07, 6.45) is 19.5. The number of aryl methyl sites for hydroxylation is 2. The average Bonchev–Trinajstić information content (AvgIpc) is 3.51. The van der Waals surface area contributed by atoms with Crippen LogP contribution in [0.2, 0.25) is 0 Å². The van der Waals surface area contributed by atoms with Crippen molar-refractivity contribution in [2.45, 2.75) is 102 Å². The highest BCUT2D eigenvalue weighted by Gasteiger charge is 2.53. The lowest BCUT2D eigenvalue weighted by Crippen LogP contribution is -2.38. The second kappa shape index (κ2) is 6.77. The van der Waals surface area contributed by atoms with E-state index in [0.717, 1.165) is 11.8 Å². The van der Waals surface area contributed by atoms with Gasteiger partial charge in [0.2, 0.25) is 0 Å². The first kappa shape index (κ1) is 19.1. The molecule has 2 saturated carbocycles. The first-order valence-electron chi connectivity index (χ1n) is 14.7. The molecule has 0 heterocycles. The third kappa shape index (κ3) is 2.23. The van der Waals surface area contributed by atoms with Gasteiger partial charge in [-0.05, 0) is 145 Å². The van der Waals surface area contributed by atoms with Crippen LogP contribution in [0.15, 0.2) is 35.4 Å². The van der Waals surface area contributed by atoms with Gasteiger partial charge in [0.05, 0.1) is 0 Å². The molecule has 0 N–H and O–H groups in total. The summed E-state index contributed by atoms with van der Waals surface area (Å²) in [5.41, 5.74) is 21.6. The number of hydrogen-bond donors (Lipinski definition) is 0. The van der Waals surface area contributed by atoms with Crippen LogP contribution in [-0.4, -0.2) is 0 Å². The Labute approximate surface area is 204 Å². The number of rotatable bonds is 0. The molecule has 0 bridgehead atoms. The van der Waals surface area contributed by atoms with Gasteiger partial charge in [0, 0.05) is 11.8 Å². The van der Waals surface area contributed by atoms with Gasteiger partial charge in [0.15, 0.2) is 0 Å². The molecule has 7 aliphatic rings. The van der Waals surface area contributed by atoms with Gasteiger partial charge in [-0.3, -0.25) is 0 Å². The SMILES string of the molecule is c1cc2c(c3c1CCC3)/C1=C3\CCCCC3C3CCCC/C3=C3\c4c(ccc5c4CCC5)C3C12. The first-order chi connectivity index (χ1) is 16.9. The highest BCUT2D eigenvalue weighted by molar-refractivity contribution is 5.99. The number of fused-ring (bicyclic) bond motifs is 16. The predicted molar refractivity (Wildman–Crippen MR) is 140 cm³/mol. The maximum absolute atomic E-state index is 2.58. The number of benzene rings is 2. The fourth-order valence-corrected chi connectivity index (χ4v) is 10.0. The van der Waals surface area contributed by atoms with E-state index >= 15 is 0 Å². The van der Waals surface area contributed by atoms with Crippen molar-refractivity contribution in [3.63, 3.8) is 0 Å². The molecule has 4 unspecified atom stereocenters. The van der Waals surface area contributed by atoms with Gasteiger partial charge in [-0.15, -0.1) is 0 Å². The van der Waals surface area contributed by atoms with Crippen molar-refractivity contribution in [3.8, 4) is 0 Å². The molecular weight excluding hydrogens is 408 g/mol. The monoisotopic (exact) mass is 444 g/mol. The molecule has 0 nitrogen and oxygen atoms in total. The van der Waals surface area contributed by atoms with Gasteiger partial charge in [-0.25, -0.2) is 0 Å². The lowest BCUT2D eigenvalue weighted by molar-refractivity contribution is 0.298. The normalized spacial score (nSPS) is 36.2. The molecule has 0 aliphatic heterocycles. The Morgan fingerprint density at radius 2 is 0.971 bits per heavy atom. The van der Waals surface area contributed by atoms with E-state index in [4.69, 9.17) is 0 Å². The molecule has 172 valence electrons. The smallest absolute Gasteiger partial charge is 0.0211 e. The maximum atomic E-state index is 2.58. The van der Waals surface area contributed by atoms with Crippen LogP contribution in [0.25, 0.3) is 11.1 Å². The Hall–Kier alpha value is -2.08. The van der Waals surface area contributed by atoms with E-state index in [1.54, 1.807) is 44.5 Å². The largest absolute Gasteiger partial charge is 0.0620 e. The summed E-state index contributed by atoms with van der Waals surface area (Å²) in [5, 5.41) is 0. The van der Waals surface area contributed by atoms with Crippen molar-refractivity contribution in [2.24, 2.45) is 11.8 Å². The highest BCUT2D eigenvalue weighted by Crippen LogP contribution is 2.69. The van der Waals surface area contributed by atoms with E-state index in [1.165, 1.54) is 89.9 Å². The molecule has 2 aromatic rings. The van der Waals surface area contributed by atoms with Crippen molar-refractivity contribution in [3.05, 3.63) is 79.9 Å². The molecule has 0 radical (unpaired) electrons. The van der Waals surface area contributed by atoms with Gasteiger partial charge < -0.3 is 0 Å². The zero-order chi connectivity index (χ0) is 22.0. The van der Waals surface area contributed by atoms with E-state index in [0.29, 0.717) is 11.8 Å². The molecule has 0 saturated heterocycles. The second-order valence-corrected chi connectivity index (χ2v) is 12.6. The molecule has 0 aromatic heterocycles. The summed E-state index contributed by atoms with van der Waals surface area (Å²) in [4.78, 5) is 0. The Morgan fingerprint density at radius 1 is 0.471 bits per heavy atom. The molecule has 0 heteroatoms. The molecule has 2 fully saturated rings. The minimum Gasteiger partial charge on any atom is -0.0620 e. The van der Waals surface area contributed by atoms with Crippen LogP contribution in [0.5, 0.6) is 0 Å². The third-order valence-electron chi connectivity index (χ3n) is 11.3. The number of hydrogen-bond acceptors (Lipinski definition) is 0. The highest BCUT2D eigenvalue weighted by atomic mass is 14.6. The standard InChI is InChI=1S/C34H36/c1-3-11-25-23(9-1)24-10-2-4-12-26(24)32-30-22-14-6-8-20(22)16-18-28(30)34(32)33-27-17-15-19-7-5-13-21(19)29(27)31(25)33/h15-18,23-24,33-34H,1-14H2/b31-25-,32-26-. The van der Waals surface area contributed by atoms with Gasteiger partial charge in [0.25, 0.3) is 0 Å². The summed E-state index contributed by atoms with van der Waals surface area (Å²) in [6, 6.07) is 10.2. The second-order valence-electron chi connectivity index (χ2n) is 12.6. The van der Waals surface area contributed by atoms with E-state index in [1.807, 2.05) is 22.3 Å². The Morgan fingerprint density at radius 3 is 1.47 bits per heavy atom. The lowest BCUT2D eigenvalue weighted by atomic mass is 9.49. The van der Waals surface area contributed by atoms with Crippen molar-refractivity contribution >= 4 is 11.1 Å². The van der Waals surface area contributed by atoms with Crippen LogP contribution in [0.1, 0.15) is 121 Å². The third-order valence-corrected chi connectivity index (χ3v) is 11.3. The molecule has 4 atom stereocenters. The molecular formula is C34H36. The summed E-state index contributed by atoms with van der Waals surface area (Å²) >= 11 is 0. The molecule has 2 aromatic carbocycles. The minimum atomic E-state index is 0.661. The van der Waals surface area contributed by atoms with E-state index in [2.05, 4.69) is 24.3 Å². The van der Waals surface area contributed by atoms with Crippen molar-refractivity contribution in [1.29, 1.82) is 0 Å². The fraction of sp³-hybridized carbons (Fsp3) is 0.529. The zero-order valence-corrected chi connectivity index (χ0v) is 20.5. The van der Waals surface area contributed by atoms with Crippen LogP contribution in [-0.2, 0) is 25.7 Å². The van der Waals surface area contributed by atoms with Gasteiger partial charge >= 0.3 is 0 Å². The first-order valence-corrected chi connectivity index (χ1v) is 14.7. The summed E-state index contributed by atoms with van der Waals surface area (Å²) < 4.78 is 0. The van der Waals surface area contributed by atoms with E-state index in [-0.39, 0.29) is 0 Å². The van der Waals surface area contributed by atoms with Crippen LogP contribution in [0.3, 0.4) is 0 Å². The van der Waals surface area contributed by atoms with E-state index < -0.39 is 0 Å². The van der Waals surface area contributed by atoms with Crippen LogP contribution in [0, 0.1) is 11.8 Å². The Balaban J connectivity index is 1.35. The minimum absolute atomic E-state index is 0.661. The van der Waals surface area contributed by atoms with E-state index in [9.17, 15) is 0 Å². The number of allylic oxidation sites excluding steroid dienone is 4. The Bertz CT molecular complexity index is 1230. The van der Waals surface area contributed by atoms with Crippen molar-refractivity contribution in [1.82, 2.24) is 0 Å². The van der Waals surface area contributed by atoms with Crippen molar-refractivity contribution < 1.29 is 0 Å². The van der Waals surface area contributed by atoms with Crippen LogP contribution >= 0.6 is 0 Å². The average molecular weight is 445 g/mol. The predicted octanol–water partition coefficient (Wildman–Crippen LogP) is 8.46. The molecule has 34 heavy (non-hydrogen) atoms. The maximum Gasteiger partial charge on any atom is 0.0211 e. The topological polar surface area (TPSA) is 0 Å². The summed E-state index contributed by atoms with van der Waals surface area (Å²) in [5.74, 6) is 3.02. The summed E-state index contributed by atoms with van der Waals surface area (Å²) in [6.45, 7) is 0.